The van der Waals surface area contributed by atoms with E-state index < -0.39 is 6.72 Å². The van der Waals surface area contributed by atoms with Gasteiger partial charge in [0.1, 0.15) is 10.0 Å². The molecule has 0 saturated heterocycles. The fourth-order valence-electron chi connectivity index (χ4n) is 1.32. The summed E-state index contributed by atoms with van der Waals surface area (Å²) in [6, 6.07) is 0. The largest absolute Gasteiger partial charge is 0.402 e. The SMILES string of the molecule is CCOP(=S)(OCC)Oc1nn(C)c(SCC)c1Cl. The number of hydrogen-bond donors (Lipinski definition) is 0. The monoisotopic (exact) mass is 344 g/mol. The Labute approximate surface area is 128 Å². The molecule has 1 rings (SSSR count). The van der Waals surface area contributed by atoms with Crippen LogP contribution in [0.4, 0.5) is 0 Å². The molecule has 1 heterocycles. The fraction of sp³-hybridized carbons (Fsp3) is 0.700. The summed E-state index contributed by atoms with van der Waals surface area (Å²) in [6.45, 7) is 3.71. The first-order valence-electron chi connectivity index (χ1n) is 5.91. The smallest absolute Gasteiger partial charge is 0.381 e. The molecule has 0 bridgehead atoms. The first-order chi connectivity index (χ1) is 8.97. The molecule has 0 aromatic carbocycles. The van der Waals surface area contributed by atoms with Crippen LogP contribution in [0.2, 0.25) is 5.02 Å². The van der Waals surface area contributed by atoms with Crippen molar-refractivity contribution < 1.29 is 13.6 Å². The molecule has 19 heavy (non-hydrogen) atoms. The minimum absolute atomic E-state index is 0.269. The Hall–Kier alpha value is 0.220. The zero-order chi connectivity index (χ0) is 14.5. The van der Waals surface area contributed by atoms with Crippen LogP contribution in [0.15, 0.2) is 5.03 Å². The van der Waals surface area contributed by atoms with E-state index in [1.807, 2.05) is 27.8 Å². The summed E-state index contributed by atoms with van der Waals surface area (Å²) in [6.07, 6.45) is 0. The number of aromatic nitrogens is 2. The molecule has 0 amide bonds. The quantitative estimate of drug-likeness (QED) is 0.527. The first kappa shape index (κ1) is 17.3. The zero-order valence-corrected chi connectivity index (χ0v) is 14.7. The normalized spacial score (nSPS) is 11.8. The zero-order valence-electron chi connectivity index (χ0n) is 11.4. The lowest BCUT2D eigenvalue weighted by atomic mass is 10.7. The molecular weight excluding hydrogens is 327 g/mol. The predicted octanol–water partition coefficient (Wildman–Crippen LogP) is 3.86. The number of thioether (sulfide) groups is 1. The lowest BCUT2D eigenvalue weighted by Gasteiger charge is -2.19. The molecule has 0 radical (unpaired) electrons. The number of hydrogen-bond acceptors (Lipinski definition) is 6. The van der Waals surface area contributed by atoms with Crippen LogP contribution in [0, 0.1) is 0 Å². The summed E-state index contributed by atoms with van der Waals surface area (Å²) in [5.74, 6) is 1.16. The molecule has 0 spiro atoms. The number of rotatable bonds is 8. The molecule has 0 saturated carbocycles. The van der Waals surface area contributed by atoms with Gasteiger partial charge in [0, 0.05) is 18.9 Å². The Balaban J connectivity index is 2.97. The number of nitrogens with zero attached hydrogens (tertiary/aromatic N) is 2. The molecule has 0 aliphatic heterocycles. The standard InChI is InChI=1S/C10H18ClN2O3PS2/c1-5-14-17(18,15-6-2)16-9-8(11)10(19-7-3)13(4)12-9/h5-7H2,1-4H3. The highest BCUT2D eigenvalue weighted by Crippen LogP contribution is 2.51. The van der Waals surface area contributed by atoms with Gasteiger partial charge in [0.05, 0.1) is 13.2 Å². The highest BCUT2D eigenvalue weighted by molar-refractivity contribution is 8.07. The molecule has 0 unspecified atom stereocenters. The van der Waals surface area contributed by atoms with Gasteiger partial charge >= 0.3 is 6.72 Å². The summed E-state index contributed by atoms with van der Waals surface area (Å²) in [5.41, 5.74) is 0. The van der Waals surface area contributed by atoms with E-state index in [-0.39, 0.29) is 5.88 Å². The maximum atomic E-state index is 6.25. The minimum atomic E-state index is -2.83. The van der Waals surface area contributed by atoms with Crippen LogP contribution in [0.5, 0.6) is 5.88 Å². The Morgan fingerprint density at radius 3 is 2.37 bits per heavy atom. The predicted molar refractivity (Wildman–Crippen MR) is 82.8 cm³/mol. The third-order valence-electron chi connectivity index (χ3n) is 1.96. The highest BCUT2D eigenvalue weighted by Gasteiger charge is 2.26. The van der Waals surface area contributed by atoms with Gasteiger partial charge in [0.15, 0.2) is 0 Å². The van der Waals surface area contributed by atoms with Crippen molar-refractivity contribution in [3.8, 4) is 5.88 Å². The Morgan fingerprint density at radius 1 is 1.32 bits per heavy atom. The van der Waals surface area contributed by atoms with Crippen LogP contribution in [0.1, 0.15) is 20.8 Å². The van der Waals surface area contributed by atoms with Crippen LogP contribution < -0.4 is 4.52 Å². The lowest BCUT2D eigenvalue weighted by Crippen LogP contribution is -2.03. The molecule has 0 aliphatic carbocycles. The van der Waals surface area contributed by atoms with E-state index >= 15 is 0 Å². The van der Waals surface area contributed by atoms with E-state index in [1.165, 1.54) is 0 Å². The van der Waals surface area contributed by atoms with Gasteiger partial charge in [-0.1, -0.05) is 18.5 Å². The molecule has 5 nitrogen and oxygen atoms in total. The second-order valence-corrected chi connectivity index (χ2v) is 7.92. The van der Waals surface area contributed by atoms with Crippen molar-refractivity contribution >= 4 is 41.9 Å². The van der Waals surface area contributed by atoms with E-state index in [0.29, 0.717) is 18.2 Å². The van der Waals surface area contributed by atoms with Crippen LogP contribution >= 0.6 is 30.1 Å². The van der Waals surface area contributed by atoms with Crippen molar-refractivity contribution in [2.24, 2.45) is 7.05 Å². The maximum Gasteiger partial charge on any atom is 0.381 e. The minimum Gasteiger partial charge on any atom is -0.402 e. The van der Waals surface area contributed by atoms with Crippen molar-refractivity contribution in [1.82, 2.24) is 9.78 Å². The second kappa shape index (κ2) is 7.86. The van der Waals surface area contributed by atoms with Crippen molar-refractivity contribution in [2.45, 2.75) is 25.8 Å². The van der Waals surface area contributed by atoms with Gasteiger partial charge in [-0.05, 0) is 19.6 Å². The van der Waals surface area contributed by atoms with Gasteiger partial charge < -0.3 is 4.52 Å². The van der Waals surface area contributed by atoms with E-state index in [1.54, 1.807) is 16.4 Å². The van der Waals surface area contributed by atoms with Crippen molar-refractivity contribution in [3.05, 3.63) is 5.02 Å². The van der Waals surface area contributed by atoms with Crippen LogP contribution in [0.25, 0.3) is 0 Å². The molecule has 0 N–H and O–H groups in total. The second-order valence-electron chi connectivity index (χ2n) is 3.35. The topological polar surface area (TPSA) is 45.5 Å². The van der Waals surface area contributed by atoms with Gasteiger partial charge in [0.25, 0.3) is 5.88 Å². The van der Waals surface area contributed by atoms with E-state index in [2.05, 4.69) is 5.10 Å². The van der Waals surface area contributed by atoms with Crippen molar-refractivity contribution in [2.75, 3.05) is 19.0 Å². The van der Waals surface area contributed by atoms with E-state index in [0.717, 1.165) is 10.8 Å². The number of halogens is 1. The molecule has 1 aromatic heterocycles. The van der Waals surface area contributed by atoms with Gasteiger partial charge in [-0.3, -0.25) is 13.7 Å². The van der Waals surface area contributed by atoms with Gasteiger partial charge in [-0.25, -0.2) is 0 Å². The molecular formula is C10H18ClN2O3PS2. The summed E-state index contributed by atoms with van der Waals surface area (Å²) < 4.78 is 18.1. The average molecular weight is 345 g/mol. The molecule has 0 fully saturated rings. The van der Waals surface area contributed by atoms with Gasteiger partial charge in [-0.15, -0.1) is 16.9 Å². The maximum absolute atomic E-state index is 6.25. The lowest BCUT2D eigenvalue weighted by molar-refractivity contribution is 0.215. The third-order valence-corrected chi connectivity index (χ3v) is 5.85. The molecule has 0 aliphatic rings. The third kappa shape index (κ3) is 4.62. The Bertz CT molecular complexity index is 460. The summed E-state index contributed by atoms with van der Waals surface area (Å²) in [7, 11) is 1.81. The first-order valence-corrected chi connectivity index (χ1v) is 9.83. The van der Waals surface area contributed by atoms with Crippen molar-refractivity contribution in [3.63, 3.8) is 0 Å². The Kier molecular flexibility index (Phi) is 7.14. The fourth-order valence-corrected chi connectivity index (χ4v) is 4.45. The molecule has 110 valence electrons. The molecule has 1 aromatic rings. The Morgan fingerprint density at radius 2 is 1.89 bits per heavy atom. The number of aryl methyl sites for hydroxylation is 1. The van der Waals surface area contributed by atoms with Gasteiger partial charge in [0.2, 0.25) is 0 Å². The van der Waals surface area contributed by atoms with Crippen LogP contribution in [-0.4, -0.2) is 28.7 Å². The summed E-state index contributed by atoms with van der Waals surface area (Å²) in [5, 5.41) is 5.51. The van der Waals surface area contributed by atoms with Crippen molar-refractivity contribution in [1.29, 1.82) is 0 Å². The average Bonchev–Trinajstić information content (AvgIpc) is 2.57. The highest BCUT2D eigenvalue weighted by atomic mass is 35.5. The van der Waals surface area contributed by atoms with Crippen LogP contribution in [0.3, 0.4) is 0 Å². The van der Waals surface area contributed by atoms with E-state index in [9.17, 15) is 0 Å². The molecule has 9 heteroatoms. The van der Waals surface area contributed by atoms with Gasteiger partial charge in [-0.2, -0.15) is 0 Å². The molecule has 0 atom stereocenters. The van der Waals surface area contributed by atoms with E-state index in [4.69, 9.17) is 37.0 Å². The van der Waals surface area contributed by atoms with Crippen LogP contribution in [-0.2, 0) is 27.9 Å². The summed E-state index contributed by atoms with van der Waals surface area (Å²) in [4.78, 5) is 0. The summed E-state index contributed by atoms with van der Waals surface area (Å²) >= 11 is 13.1.